The maximum Gasteiger partial charge on any atom is 0.0608 e. The van der Waals surface area contributed by atoms with Gasteiger partial charge in [-0.1, -0.05) is 54.8 Å². The fourth-order valence-corrected chi connectivity index (χ4v) is 2.35. The summed E-state index contributed by atoms with van der Waals surface area (Å²) in [6.45, 7) is 4.27. The zero-order valence-corrected chi connectivity index (χ0v) is 11.0. The lowest BCUT2D eigenvalue weighted by Gasteiger charge is -2.20. The van der Waals surface area contributed by atoms with Crippen LogP contribution in [0.25, 0.3) is 0 Å². The van der Waals surface area contributed by atoms with E-state index >= 15 is 0 Å². The Balaban J connectivity index is 2.61. The molecule has 15 heavy (non-hydrogen) atoms. The van der Waals surface area contributed by atoms with E-state index in [1.54, 1.807) is 0 Å². The number of hydrogen-bond acceptors (Lipinski definition) is 1. The minimum Gasteiger partial charge on any atom is -0.392 e. The molecule has 0 aliphatic heterocycles. The van der Waals surface area contributed by atoms with Crippen LogP contribution in [-0.4, -0.2) is 11.2 Å². The van der Waals surface area contributed by atoms with Crippen molar-refractivity contribution in [2.45, 2.75) is 39.2 Å². The quantitative estimate of drug-likeness (QED) is 0.863. The SMILES string of the molecule is CCC(CC)C(O)Cc1cccc(Br)c1. The number of benzene rings is 1. The molecule has 0 amide bonds. The smallest absolute Gasteiger partial charge is 0.0608 e. The van der Waals surface area contributed by atoms with E-state index in [9.17, 15) is 5.11 Å². The Morgan fingerprint density at radius 1 is 1.27 bits per heavy atom. The Bertz CT molecular complexity index is 294. The van der Waals surface area contributed by atoms with E-state index in [1.165, 1.54) is 5.56 Å². The van der Waals surface area contributed by atoms with Crippen LogP contribution in [0.1, 0.15) is 32.3 Å². The molecular weight excluding hydrogens is 252 g/mol. The molecule has 0 heterocycles. The van der Waals surface area contributed by atoms with Crippen molar-refractivity contribution in [1.82, 2.24) is 0 Å². The van der Waals surface area contributed by atoms with Crippen LogP contribution < -0.4 is 0 Å². The number of aliphatic hydroxyl groups excluding tert-OH is 1. The minimum absolute atomic E-state index is 0.214. The van der Waals surface area contributed by atoms with Crippen molar-refractivity contribution in [2.75, 3.05) is 0 Å². The summed E-state index contributed by atoms with van der Waals surface area (Å²) in [5, 5.41) is 10.0. The van der Waals surface area contributed by atoms with Gasteiger partial charge in [-0.3, -0.25) is 0 Å². The fraction of sp³-hybridized carbons (Fsp3) is 0.538. The van der Waals surface area contributed by atoms with Crippen LogP contribution in [-0.2, 0) is 6.42 Å². The number of hydrogen-bond donors (Lipinski definition) is 1. The first-order chi connectivity index (χ1) is 7.17. The summed E-state index contributed by atoms with van der Waals surface area (Å²) in [5.41, 5.74) is 1.20. The molecule has 0 bridgehead atoms. The summed E-state index contributed by atoms with van der Waals surface area (Å²) in [6, 6.07) is 8.16. The molecule has 0 radical (unpaired) electrons. The van der Waals surface area contributed by atoms with Gasteiger partial charge in [0.05, 0.1) is 6.10 Å². The molecule has 2 heteroatoms. The molecule has 1 aromatic rings. The minimum atomic E-state index is -0.214. The van der Waals surface area contributed by atoms with E-state index in [1.807, 2.05) is 12.1 Å². The third-order valence-electron chi connectivity index (χ3n) is 2.93. The fourth-order valence-electron chi connectivity index (χ4n) is 1.90. The van der Waals surface area contributed by atoms with Gasteiger partial charge in [-0.2, -0.15) is 0 Å². The van der Waals surface area contributed by atoms with Gasteiger partial charge in [-0.25, -0.2) is 0 Å². The van der Waals surface area contributed by atoms with Gasteiger partial charge in [0.15, 0.2) is 0 Å². The molecule has 0 aromatic heterocycles. The van der Waals surface area contributed by atoms with E-state index in [-0.39, 0.29) is 6.10 Å². The van der Waals surface area contributed by atoms with Crippen LogP contribution >= 0.6 is 15.9 Å². The Labute approximate surface area is 101 Å². The van der Waals surface area contributed by atoms with E-state index < -0.39 is 0 Å². The van der Waals surface area contributed by atoms with Gasteiger partial charge in [-0.05, 0) is 30.0 Å². The molecule has 0 saturated heterocycles. The van der Waals surface area contributed by atoms with Gasteiger partial charge in [-0.15, -0.1) is 0 Å². The van der Waals surface area contributed by atoms with Crippen LogP contribution in [0.5, 0.6) is 0 Å². The Hall–Kier alpha value is -0.340. The molecule has 1 N–H and O–H groups in total. The first kappa shape index (κ1) is 12.7. The molecule has 0 aliphatic carbocycles. The molecule has 0 spiro atoms. The zero-order valence-electron chi connectivity index (χ0n) is 9.41. The van der Waals surface area contributed by atoms with Crippen molar-refractivity contribution in [3.63, 3.8) is 0 Å². The highest BCUT2D eigenvalue weighted by Gasteiger charge is 2.15. The Morgan fingerprint density at radius 3 is 2.47 bits per heavy atom. The second-order valence-electron chi connectivity index (χ2n) is 3.98. The first-order valence-corrected chi connectivity index (χ1v) is 6.39. The average molecular weight is 271 g/mol. The molecule has 0 aliphatic rings. The molecule has 84 valence electrons. The monoisotopic (exact) mass is 270 g/mol. The standard InChI is InChI=1S/C13H19BrO/c1-3-11(4-2)13(15)9-10-6-5-7-12(14)8-10/h5-8,11,13,15H,3-4,9H2,1-2H3. The zero-order chi connectivity index (χ0) is 11.3. The van der Waals surface area contributed by atoms with Crippen LogP contribution in [0.3, 0.4) is 0 Å². The van der Waals surface area contributed by atoms with Gasteiger partial charge in [0.2, 0.25) is 0 Å². The van der Waals surface area contributed by atoms with E-state index in [4.69, 9.17) is 0 Å². The maximum absolute atomic E-state index is 10.0. The predicted molar refractivity (Wildman–Crippen MR) is 67.9 cm³/mol. The van der Waals surface area contributed by atoms with Gasteiger partial charge < -0.3 is 5.11 Å². The molecule has 0 fully saturated rings. The van der Waals surface area contributed by atoms with Crippen LogP contribution in [0.15, 0.2) is 28.7 Å². The Morgan fingerprint density at radius 2 is 1.93 bits per heavy atom. The molecule has 1 unspecified atom stereocenters. The summed E-state index contributed by atoms with van der Waals surface area (Å²) >= 11 is 3.44. The van der Waals surface area contributed by atoms with Gasteiger partial charge in [0.1, 0.15) is 0 Å². The number of halogens is 1. The number of rotatable bonds is 5. The lowest BCUT2D eigenvalue weighted by Crippen LogP contribution is -2.21. The average Bonchev–Trinajstić information content (AvgIpc) is 2.19. The van der Waals surface area contributed by atoms with Crippen LogP contribution in [0, 0.1) is 5.92 Å². The molecule has 1 nitrogen and oxygen atoms in total. The summed E-state index contributed by atoms with van der Waals surface area (Å²) in [4.78, 5) is 0. The van der Waals surface area contributed by atoms with Crippen molar-refractivity contribution >= 4 is 15.9 Å². The molecule has 0 saturated carbocycles. The van der Waals surface area contributed by atoms with E-state index in [0.717, 1.165) is 23.7 Å². The lowest BCUT2D eigenvalue weighted by atomic mass is 9.92. The molecular formula is C13H19BrO. The van der Waals surface area contributed by atoms with Crippen LogP contribution in [0.4, 0.5) is 0 Å². The largest absolute Gasteiger partial charge is 0.392 e. The molecule has 1 atom stereocenters. The van der Waals surface area contributed by atoms with Crippen molar-refractivity contribution in [3.05, 3.63) is 34.3 Å². The second-order valence-corrected chi connectivity index (χ2v) is 4.89. The summed E-state index contributed by atoms with van der Waals surface area (Å²) in [5.74, 6) is 0.420. The second kappa shape index (κ2) is 6.29. The third-order valence-corrected chi connectivity index (χ3v) is 3.42. The maximum atomic E-state index is 10.0. The molecule has 1 rings (SSSR count). The summed E-state index contributed by atoms with van der Waals surface area (Å²) in [7, 11) is 0. The van der Waals surface area contributed by atoms with Crippen LogP contribution in [0.2, 0.25) is 0 Å². The third kappa shape index (κ3) is 3.96. The first-order valence-electron chi connectivity index (χ1n) is 5.59. The van der Waals surface area contributed by atoms with Gasteiger partial charge in [0, 0.05) is 4.47 Å². The van der Waals surface area contributed by atoms with Crippen molar-refractivity contribution in [3.8, 4) is 0 Å². The normalized spacial score (nSPS) is 13.1. The molecule has 1 aromatic carbocycles. The van der Waals surface area contributed by atoms with Gasteiger partial charge in [0.25, 0.3) is 0 Å². The highest BCUT2D eigenvalue weighted by atomic mass is 79.9. The van der Waals surface area contributed by atoms with Crippen molar-refractivity contribution in [2.24, 2.45) is 5.92 Å². The highest BCUT2D eigenvalue weighted by Crippen LogP contribution is 2.19. The summed E-state index contributed by atoms with van der Waals surface area (Å²) in [6.07, 6.45) is 2.64. The number of aliphatic hydroxyl groups is 1. The summed E-state index contributed by atoms with van der Waals surface area (Å²) < 4.78 is 1.08. The Kier molecular flexibility index (Phi) is 5.34. The highest BCUT2D eigenvalue weighted by molar-refractivity contribution is 9.10. The lowest BCUT2D eigenvalue weighted by molar-refractivity contribution is 0.103. The predicted octanol–water partition coefficient (Wildman–Crippen LogP) is 3.79. The van der Waals surface area contributed by atoms with E-state index in [0.29, 0.717) is 5.92 Å². The van der Waals surface area contributed by atoms with Crippen molar-refractivity contribution < 1.29 is 5.11 Å². The topological polar surface area (TPSA) is 20.2 Å². The van der Waals surface area contributed by atoms with Gasteiger partial charge >= 0.3 is 0 Å². The van der Waals surface area contributed by atoms with E-state index in [2.05, 4.69) is 41.9 Å². The van der Waals surface area contributed by atoms with Crippen molar-refractivity contribution in [1.29, 1.82) is 0 Å².